The number of hydrogen-bond donors (Lipinski definition) is 2. The smallest absolute Gasteiger partial charge is 0.248 e. The standard InChI is InChI=1S/C21H15BrN2O4S3/c1-28-13-8-9(2-7-12(13)25)14-15-17(30-18-16(14)31-21(29)23-18)20(27)24(19(15)26)11-5-3-10(22)4-6-11/h2-8,14-15,17,25H,1H3,(H,23,29)/t14-,15-,17+/m1/s1. The van der Waals surface area contributed by atoms with Gasteiger partial charge in [-0.15, -0.1) is 11.3 Å². The van der Waals surface area contributed by atoms with Crippen LogP contribution in [0.4, 0.5) is 5.69 Å². The molecule has 0 radical (unpaired) electrons. The summed E-state index contributed by atoms with van der Waals surface area (Å²) in [5.74, 6) is -1.13. The number of thiazole rings is 1. The van der Waals surface area contributed by atoms with Gasteiger partial charge in [0.25, 0.3) is 0 Å². The summed E-state index contributed by atoms with van der Waals surface area (Å²) in [4.78, 5) is 32.4. The van der Waals surface area contributed by atoms with Gasteiger partial charge < -0.3 is 14.8 Å². The quantitative estimate of drug-likeness (QED) is 0.360. The van der Waals surface area contributed by atoms with E-state index in [-0.39, 0.29) is 23.5 Å². The number of anilines is 1. The van der Waals surface area contributed by atoms with E-state index in [1.54, 1.807) is 42.5 Å². The zero-order chi connectivity index (χ0) is 21.9. The zero-order valence-electron chi connectivity index (χ0n) is 16.0. The molecule has 2 aromatic carbocycles. The second-order valence-electron chi connectivity index (χ2n) is 7.17. The van der Waals surface area contributed by atoms with Crippen LogP contribution in [0.1, 0.15) is 16.4 Å². The van der Waals surface area contributed by atoms with Crippen molar-refractivity contribution < 1.29 is 19.4 Å². The molecule has 1 saturated heterocycles. The van der Waals surface area contributed by atoms with Crippen molar-refractivity contribution >= 4 is 68.7 Å². The molecule has 0 spiro atoms. The van der Waals surface area contributed by atoms with Crippen LogP contribution in [0.25, 0.3) is 0 Å². The lowest BCUT2D eigenvalue weighted by atomic mass is 9.83. The van der Waals surface area contributed by atoms with Crippen LogP contribution in [0.2, 0.25) is 0 Å². The predicted octanol–water partition coefficient (Wildman–Crippen LogP) is 5.08. The van der Waals surface area contributed by atoms with Gasteiger partial charge in [0.05, 0.1) is 23.7 Å². The molecule has 2 aliphatic rings. The molecule has 1 fully saturated rings. The lowest BCUT2D eigenvalue weighted by Gasteiger charge is -2.30. The molecule has 31 heavy (non-hydrogen) atoms. The SMILES string of the molecule is COc1cc([C@H]2c3sc(=S)[nH]c3S[C@@H]3C(=O)N(c4ccc(Br)cc4)C(=O)[C@H]23)ccc1O. The third-order valence-electron chi connectivity index (χ3n) is 5.47. The lowest BCUT2D eigenvalue weighted by Crippen LogP contribution is -2.32. The molecule has 0 aliphatic carbocycles. The van der Waals surface area contributed by atoms with Crippen molar-refractivity contribution in [3.63, 3.8) is 0 Å². The van der Waals surface area contributed by atoms with Crippen LogP contribution in [0.15, 0.2) is 52.0 Å². The zero-order valence-corrected chi connectivity index (χ0v) is 20.0. The van der Waals surface area contributed by atoms with Crippen LogP contribution in [0, 0.1) is 9.87 Å². The minimum absolute atomic E-state index is 0.0141. The number of amides is 2. The molecule has 0 saturated carbocycles. The molecule has 0 bridgehead atoms. The molecule has 3 aromatic rings. The number of imide groups is 1. The first kappa shape index (κ1) is 20.7. The highest BCUT2D eigenvalue weighted by Gasteiger charge is 2.56. The fraction of sp³-hybridized carbons (Fsp3) is 0.190. The van der Waals surface area contributed by atoms with Crippen LogP contribution in [-0.2, 0) is 9.59 Å². The summed E-state index contributed by atoms with van der Waals surface area (Å²) >= 11 is 11.5. The molecule has 2 aliphatic heterocycles. The molecule has 2 N–H and O–H groups in total. The molecule has 5 rings (SSSR count). The van der Waals surface area contributed by atoms with Gasteiger partial charge in [-0.2, -0.15) is 0 Å². The van der Waals surface area contributed by atoms with E-state index in [9.17, 15) is 14.7 Å². The number of aromatic amines is 1. The van der Waals surface area contributed by atoms with Crippen molar-refractivity contribution in [1.82, 2.24) is 4.98 Å². The van der Waals surface area contributed by atoms with Crippen LogP contribution >= 0.6 is 51.2 Å². The third kappa shape index (κ3) is 3.32. The number of rotatable bonds is 3. The number of benzene rings is 2. The van der Waals surface area contributed by atoms with Gasteiger partial charge in [-0.3, -0.25) is 9.59 Å². The number of thioether (sulfide) groups is 1. The minimum Gasteiger partial charge on any atom is -0.504 e. The molecule has 3 heterocycles. The maximum absolute atomic E-state index is 13.6. The van der Waals surface area contributed by atoms with E-state index in [1.165, 1.54) is 35.1 Å². The van der Waals surface area contributed by atoms with Gasteiger partial charge in [-0.25, -0.2) is 4.90 Å². The monoisotopic (exact) mass is 534 g/mol. The number of halogens is 1. The molecule has 0 unspecified atom stereocenters. The predicted molar refractivity (Wildman–Crippen MR) is 126 cm³/mol. The molecule has 3 atom stereocenters. The van der Waals surface area contributed by atoms with Gasteiger partial charge in [0.1, 0.15) is 5.25 Å². The molecule has 1 aromatic heterocycles. The summed E-state index contributed by atoms with van der Waals surface area (Å²) in [5, 5.41) is 10.3. The normalized spacial score (nSPS) is 22.4. The number of phenolic OH excluding ortho intramolecular Hbond substituents is 1. The first-order valence-electron chi connectivity index (χ1n) is 9.29. The summed E-state index contributed by atoms with van der Waals surface area (Å²) in [7, 11) is 1.48. The van der Waals surface area contributed by atoms with E-state index in [1.807, 2.05) is 0 Å². The second kappa shape index (κ2) is 7.77. The number of methoxy groups -OCH3 is 1. The Morgan fingerprint density at radius 3 is 2.61 bits per heavy atom. The number of aromatic nitrogens is 1. The van der Waals surface area contributed by atoms with Gasteiger partial charge in [0.2, 0.25) is 11.8 Å². The van der Waals surface area contributed by atoms with Crippen molar-refractivity contribution in [1.29, 1.82) is 0 Å². The number of fused-ring (bicyclic) bond motifs is 2. The largest absolute Gasteiger partial charge is 0.504 e. The molecule has 2 amide bonds. The van der Waals surface area contributed by atoms with Crippen molar-refractivity contribution in [3.8, 4) is 11.5 Å². The first-order valence-corrected chi connectivity index (χ1v) is 12.2. The highest BCUT2D eigenvalue weighted by molar-refractivity contribution is 9.10. The van der Waals surface area contributed by atoms with Crippen molar-refractivity contribution in [3.05, 3.63) is 61.3 Å². The Morgan fingerprint density at radius 1 is 1.16 bits per heavy atom. The Kier molecular flexibility index (Phi) is 5.20. The summed E-state index contributed by atoms with van der Waals surface area (Å²) < 4.78 is 6.75. The number of carbonyl (C=O) groups is 2. The van der Waals surface area contributed by atoms with Crippen LogP contribution in [0.5, 0.6) is 11.5 Å². The summed E-state index contributed by atoms with van der Waals surface area (Å²) in [6.45, 7) is 0. The van der Waals surface area contributed by atoms with Crippen LogP contribution < -0.4 is 9.64 Å². The molecule has 10 heteroatoms. The molecular formula is C21H15BrN2O4S3. The molecule has 6 nitrogen and oxygen atoms in total. The topological polar surface area (TPSA) is 82.6 Å². The van der Waals surface area contributed by atoms with E-state index >= 15 is 0 Å². The average Bonchev–Trinajstić information content (AvgIpc) is 3.24. The Labute approximate surface area is 199 Å². The van der Waals surface area contributed by atoms with E-state index < -0.39 is 11.2 Å². The summed E-state index contributed by atoms with van der Waals surface area (Å²) in [6.07, 6.45) is 0. The van der Waals surface area contributed by atoms with Gasteiger partial charge in [0, 0.05) is 15.3 Å². The van der Waals surface area contributed by atoms with Gasteiger partial charge in [-0.1, -0.05) is 33.8 Å². The number of carbonyl (C=O) groups excluding carboxylic acids is 2. The number of hydrogen-bond acceptors (Lipinski definition) is 7. The maximum Gasteiger partial charge on any atom is 0.248 e. The van der Waals surface area contributed by atoms with Crippen LogP contribution in [0.3, 0.4) is 0 Å². The Hall–Kier alpha value is -2.14. The van der Waals surface area contributed by atoms with E-state index in [2.05, 4.69) is 20.9 Å². The van der Waals surface area contributed by atoms with Crippen molar-refractivity contribution in [2.75, 3.05) is 12.0 Å². The fourth-order valence-corrected chi connectivity index (χ4v) is 7.33. The Morgan fingerprint density at radius 2 is 1.90 bits per heavy atom. The van der Waals surface area contributed by atoms with Crippen LogP contribution in [-0.4, -0.2) is 34.3 Å². The Bertz CT molecular complexity index is 1270. The number of nitrogens with one attached hydrogen (secondary N) is 1. The lowest BCUT2D eigenvalue weighted by molar-refractivity contribution is -0.122. The number of phenols is 1. The van der Waals surface area contributed by atoms with Gasteiger partial charge >= 0.3 is 0 Å². The summed E-state index contributed by atoms with van der Waals surface area (Å²) in [5.41, 5.74) is 1.33. The number of H-pyrrole nitrogens is 1. The number of aromatic hydroxyl groups is 1. The second-order valence-corrected chi connectivity index (χ2v) is 11.0. The van der Waals surface area contributed by atoms with E-state index in [0.717, 1.165) is 19.9 Å². The Balaban J connectivity index is 1.66. The highest BCUT2D eigenvalue weighted by atomic mass is 79.9. The van der Waals surface area contributed by atoms with E-state index in [0.29, 0.717) is 15.4 Å². The molecular weight excluding hydrogens is 520 g/mol. The summed E-state index contributed by atoms with van der Waals surface area (Å²) in [6, 6.07) is 12.2. The minimum atomic E-state index is -0.593. The van der Waals surface area contributed by atoms with Crippen molar-refractivity contribution in [2.24, 2.45) is 5.92 Å². The number of nitrogens with zero attached hydrogens (tertiary/aromatic N) is 1. The van der Waals surface area contributed by atoms with Gasteiger partial charge in [0.15, 0.2) is 15.5 Å². The van der Waals surface area contributed by atoms with Gasteiger partial charge in [-0.05, 0) is 54.2 Å². The highest BCUT2D eigenvalue weighted by Crippen LogP contribution is 2.54. The first-order chi connectivity index (χ1) is 14.9. The molecule has 158 valence electrons. The maximum atomic E-state index is 13.6. The third-order valence-corrected chi connectivity index (χ3v) is 8.75. The van der Waals surface area contributed by atoms with Crippen molar-refractivity contribution in [2.45, 2.75) is 16.2 Å². The number of ether oxygens (including phenoxy) is 1. The van der Waals surface area contributed by atoms with E-state index in [4.69, 9.17) is 17.0 Å². The average molecular weight is 535 g/mol. The fourth-order valence-electron chi connectivity index (χ4n) is 4.11.